The lowest BCUT2D eigenvalue weighted by Gasteiger charge is -2.06. The fourth-order valence-corrected chi connectivity index (χ4v) is 2.43. The third-order valence-electron chi connectivity index (χ3n) is 3.51. The molecule has 104 valence electrons. The predicted molar refractivity (Wildman–Crippen MR) is 83.5 cm³/mol. The summed E-state index contributed by atoms with van der Waals surface area (Å²) in [5.74, 6) is 0.0349. The molecule has 21 heavy (non-hydrogen) atoms. The Morgan fingerprint density at radius 3 is 2.76 bits per heavy atom. The van der Waals surface area contributed by atoms with Gasteiger partial charge < -0.3 is 0 Å². The summed E-state index contributed by atoms with van der Waals surface area (Å²) in [5, 5.41) is 1.04. The molecule has 1 aromatic carbocycles. The van der Waals surface area contributed by atoms with Crippen molar-refractivity contribution in [2.24, 2.45) is 0 Å². The summed E-state index contributed by atoms with van der Waals surface area (Å²) in [5.41, 5.74) is 4.46. The van der Waals surface area contributed by atoms with E-state index in [4.69, 9.17) is 0 Å². The minimum Gasteiger partial charge on any atom is -0.292 e. The Kier molecular flexibility index (Phi) is 3.48. The topological polar surface area (TPSA) is 42.9 Å². The molecule has 0 aliphatic heterocycles. The summed E-state index contributed by atoms with van der Waals surface area (Å²) >= 11 is 0. The average molecular weight is 276 g/mol. The second kappa shape index (κ2) is 5.44. The molecule has 0 aliphatic rings. The Bertz CT molecular complexity index is 824. The lowest BCUT2D eigenvalue weighted by molar-refractivity contribution is 0.0988. The standard InChI is InChI=1S/C18H16N2O/c1-12-6-7-16-15(10-12)14(8-9-19-16)11-18(21)17-5-3-4-13(2)20-17/h3-10H,11H2,1-2H3. The highest BCUT2D eigenvalue weighted by Gasteiger charge is 2.11. The van der Waals surface area contributed by atoms with Crippen molar-refractivity contribution in [1.82, 2.24) is 9.97 Å². The van der Waals surface area contributed by atoms with Crippen molar-refractivity contribution in [2.45, 2.75) is 20.3 Å². The van der Waals surface area contributed by atoms with Gasteiger partial charge in [-0.05, 0) is 49.7 Å². The van der Waals surface area contributed by atoms with Gasteiger partial charge in [-0.1, -0.05) is 17.7 Å². The van der Waals surface area contributed by atoms with Gasteiger partial charge in [0, 0.05) is 23.7 Å². The van der Waals surface area contributed by atoms with Gasteiger partial charge in [0.15, 0.2) is 5.78 Å². The number of pyridine rings is 2. The Labute approximate surface area is 123 Å². The van der Waals surface area contributed by atoms with Crippen molar-refractivity contribution in [3.63, 3.8) is 0 Å². The second-order valence-corrected chi connectivity index (χ2v) is 5.25. The van der Waals surface area contributed by atoms with Crippen LogP contribution in [0.5, 0.6) is 0 Å². The van der Waals surface area contributed by atoms with Crippen LogP contribution in [-0.2, 0) is 6.42 Å². The molecule has 0 bridgehead atoms. The van der Waals surface area contributed by atoms with E-state index in [-0.39, 0.29) is 5.78 Å². The van der Waals surface area contributed by atoms with Crippen LogP contribution in [0.4, 0.5) is 0 Å². The van der Waals surface area contributed by atoms with Gasteiger partial charge in [0.1, 0.15) is 5.69 Å². The van der Waals surface area contributed by atoms with Crippen molar-refractivity contribution < 1.29 is 4.79 Å². The van der Waals surface area contributed by atoms with Crippen LogP contribution >= 0.6 is 0 Å². The van der Waals surface area contributed by atoms with Crippen LogP contribution in [-0.4, -0.2) is 15.8 Å². The van der Waals surface area contributed by atoms with E-state index in [0.717, 1.165) is 27.7 Å². The molecule has 2 aromatic heterocycles. The van der Waals surface area contributed by atoms with Crippen LogP contribution in [0.15, 0.2) is 48.7 Å². The molecule has 0 radical (unpaired) electrons. The number of hydrogen-bond donors (Lipinski definition) is 0. The molecule has 0 unspecified atom stereocenters. The SMILES string of the molecule is Cc1ccc2nccc(CC(=O)c3cccc(C)n3)c2c1. The largest absolute Gasteiger partial charge is 0.292 e. The van der Waals surface area contributed by atoms with Crippen LogP contribution in [0.3, 0.4) is 0 Å². The van der Waals surface area contributed by atoms with Gasteiger partial charge in [-0.2, -0.15) is 0 Å². The zero-order valence-electron chi connectivity index (χ0n) is 12.1. The van der Waals surface area contributed by atoms with Crippen LogP contribution in [0.1, 0.15) is 27.3 Å². The number of fused-ring (bicyclic) bond motifs is 1. The third-order valence-corrected chi connectivity index (χ3v) is 3.51. The van der Waals surface area contributed by atoms with Gasteiger partial charge in [-0.3, -0.25) is 14.8 Å². The highest BCUT2D eigenvalue weighted by molar-refractivity contribution is 5.98. The van der Waals surface area contributed by atoms with E-state index in [1.807, 2.05) is 44.2 Å². The molecule has 0 spiro atoms. The first-order chi connectivity index (χ1) is 10.1. The van der Waals surface area contributed by atoms with Crippen LogP contribution in [0.2, 0.25) is 0 Å². The number of ketones is 1. The molecule has 0 saturated heterocycles. The molecule has 0 aliphatic carbocycles. The van der Waals surface area contributed by atoms with Crippen LogP contribution in [0.25, 0.3) is 10.9 Å². The number of aromatic nitrogens is 2. The summed E-state index contributed by atoms with van der Waals surface area (Å²) < 4.78 is 0. The quantitative estimate of drug-likeness (QED) is 0.685. The van der Waals surface area contributed by atoms with E-state index in [0.29, 0.717) is 12.1 Å². The van der Waals surface area contributed by atoms with Gasteiger partial charge >= 0.3 is 0 Å². The third kappa shape index (κ3) is 2.82. The molecule has 3 rings (SSSR count). The fraction of sp³-hybridized carbons (Fsp3) is 0.167. The van der Waals surface area contributed by atoms with Crippen molar-refractivity contribution in [1.29, 1.82) is 0 Å². The van der Waals surface area contributed by atoms with Crippen molar-refractivity contribution in [3.8, 4) is 0 Å². The van der Waals surface area contributed by atoms with Crippen molar-refractivity contribution >= 4 is 16.7 Å². The van der Waals surface area contributed by atoms with Crippen molar-refractivity contribution in [3.05, 3.63) is 71.2 Å². The van der Waals surface area contributed by atoms with E-state index >= 15 is 0 Å². The fourth-order valence-electron chi connectivity index (χ4n) is 2.43. The van der Waals surface area contributed by atoms with Gasteiger partial charge in [-0.25, -0.2) is 0 Å². The van der Waals surface area contributed by atoms with E-state index in [2.05, 4.69) is 16.0 Å². The minimum absolute atomic E-state index is 0.0349. The number of nitrogens with zero attached hydrogens (tertiary/aromatic N) is 2. The first-order valence-corrected chi connectivity index (χ1v) is 6.94. The number of rotatable bonds is 3. The maximum Gasteiger partial charge on any atom is 0.185 e. The lowest BCUT2D eigenvalue weighted by atomic mass is 10.0. The molecule has 3 heteroatoms. The molecular weight excluding hydrogens is 260 g/mol. The number of hydrogen-bond acceptors (Lipinski definition) is 3. The summed E-state index contributed by atoms with van der Waals surface area (Å²) in [6, 6.07) is 13.5. The predicted octanol–water partition coefficient (Wildman–Crippen LogP) is 3.67. The molecule has 3 nitrogen and oxygen atoms in total. The van der Waals surface area contributed by atoms with E-state index in [1.165, 1.54) is 0 Å². The lowest BCUT2D eigenvalue weighted by Crippen LogP contribution is -2.07. The van der Waals surface area contributed by atoms with E-state index in [9.17, 15) is 4.79 Å². The normalized spacial score (nSPS) is 10.8. The number of benzene rings is 1. The van der Waals surface area contributed by atoms with Gasteiger partial charge in [0.25, 0.3) is 0 Å². The van der Waals surface area contributed by atoms with Gasteiger partial charge in [0.2, 0.25) is 0 Å². The first-order valence-electron chi connectivity index (χ1n) is 6.94. The maximum absolute atomic E-state index is 12.4. The van der Waals surface area contributed by atoms with E-state index < -0.39 is 0 Å². The monoisotopic (exact) mass is 276 g/mol. The maximum atomic E-state index is 12.4. The average Bonchev–Trinajstić information content (AvgIpc) is 2.48. The van der Waals surface area contributed by atoms with Gasteiger partial charge in [0.05, 0.1) is 5.52 Å². The minimum atomic E-state index is 0.0349. The number of carbonyl (C=O) groups is 1. The molecule has 0 atom stereocenters. The molecule has 0 amide bonds. The zero-order chi connectivity index (χ0) is 14.8. The summed E-state index contributed by atoms with van der Waals surface area (Å²) in [6.45, 7) is 3.93. The van der Waals surface area contributed by atoms with E-state index in [1.54, 1.807) is 12.3 Å². The molecule has 0 saturated carbocycles. The number of aryl methyl sites for hydroxylation is 2. The second-order valence-electron chi connectivity index (χ2n) is 5.25. The number of Topliss-reactive ketones (excluding diaryl/α,β-unsaturated/α-hetero) is 1. The van der Waals surface area contributed by atoms with Crippen molar-refractivity contribution in [2.75, 3.05) is 0 Å². The molecule has 0 N–H and O–H groups in total. The summed E-state index contributed by atoms with van der Waals surface area (Å²) in [6.07, 6.45) is 2.10. The first kappa shape index (κ1) is 13.4. The zero-order valence-corrected chi connectivity index (χ0v) is 12.1. The Morgan fingerprint density at radius 2 is 1.95 bits per heavy atom. The highest BCUT2D eigenvalue weighted by atomic mass is 16.1. The molecular formula is C18H16N2O. The van der Waals surface area contributed by atoms with Gasteiger partial charge in [-0.15, -0.1) is 0 Å². The molecule has 2 heterocycles. The Morgan fingerprint density at radius 1 is 1.10 bits per heavy atom. The Balaban J connectivity index is 1.98. The molecule has 3 aromatic rings. The Hall–Kier alpha value is -2.55. The number of carbonyl (C=O) groups excluding carboxylic acids is 1. The highest BCUT2D eigenvalue weighted by Crippen LogP contribution is 2.19. The van der Waals surface area contributed by atoms with Crippen LogP contribution in [0, 0.1) is 13.8 Å². The smallest absolute Gasteiger partial charge is 0.185 e. The summed E-state index contributed by atoms with van der Waals surface area (Å²) in [4.78, 5) is 21.1. The van der Waals surface area contributed by atoms with Crippen LogP contribution < -0.4 is 0 Å². The summed E-state index contributed by atoms with van der Waals surface area (Å²) in [7, 11) is 0. The molecule has 0 fully saturated rings.